The summed E-state index contributed by atoms with van der Waals surface area (Å²) in [5, 5.41) is 2.27. The molecular weight excluding hydrogens is 370 g/mol. The van der Waals surface area contributed by atoms with E-state index in [1.807, 2.05) is 12.2 Å². The zero-order valence-electron chi connectivity index (χ0n) is 19.3. The number of hydroxylamine groups is 2. The van der Waals surface area contributed by atoms with Crippen LogP contribution in [0.5, 0.6) is 0 Å². The van der Waals surface area contributed by atoms with Gasteiger partial charge in [0, 0.05) is 17.5 Å². The Labute approximate surface area is 183 Å². The molecule has 0 aromatic heterocycles. The van der Waals surface area contributed by atoms with E-state index < -0.39 is 0 Å². The summed E-state index contributed by atoms with van der Waals surface area (Å²) >= 11 is 0. The average molecular weight is 410 g/mol. The van der Waals surface area contributed by atoms with Crippen LogP contribution in [-0.2, 0) is 9.63 Å². The number of allylic oxidation sites excluding steroid dienone is 3. The van der Waals surface area contributed by atoms with Gasteiger partial charge in [-0.05, 0) is 90.2 Å². The molecule has 3 heteroatoms. The van der Waals surface area contributed by atoms with Crippen LogP contribution in [0, 0.1) is 5.92 Å². The first-order chi connectivity index (χ1) is 14.2. The topological polar surface area (TPSA) is 29.5 Å². The Morgan fingerprint density at radius 2 is 1.83 bits per heavy atom. The lowest BCUT2D eigenvalue weighted by atomic mass is 9.82. The molecule has 0 bridgehead atoms. The molecule has 164 valence electrons. The van der Waals surface area contributed by atoms with E-state index in [1.165, 1.54) is 17.6 Å². The number of hydrogen-bond donors (Lipinski definition) is 0. The molecule has 1 aromatic carbocycles. The van der Waals surface area contributed by atoms with Crippen molar-refractivity contribution < 1.29 is 9.63 Å². The van der Waals surface area contributed by atoms with Gasteiger partial charge in [0.2, 0.25) is 0 Å². The second kappa shape index (κ2) is 9.62. The van der Waals surface area contributed by atoms with Crippen molar-refractivity contribution >= 4 is 5.78 Å². The van der Waals surface area contributed by atoms with Gasteiger partial charge < -0.3 is 0 Å². The first-order valence-corrected chi connectivity index (χ1v) is 11.6. The molecule has 1 aliphatic carbocycles. The van der Waals surface area contributed by atoms with Gasteiger partial charge >= 0.3 is 0 Å². The van der Waals surface area contributed by atoms with Gasteiger partial charge in [-0.1, -0.05) is 42.0 Å². The first kappa shape index (κ1) is 23.0. The average Bonchev–Trinajstić information content (AvgIpc) is 3.05. The minimum atomic E-state index is -0.000735. The first-order valence-electron chi connectivity index (χ1n) is 11.6. The van der Waals surface area contributed by atoms with E-state index in [2.05, 4.69) is 69.7 Å². The van der Waals surface area contributed by atoms with Crippen molar-refractivity contribution in [1.29, 1.82) is 0 Å². The molecule has 3 rings (SSSR count). The number of hydrogen-bond acceptors (Lipinski definition) is 3. The summed E-state index contributed by atoms with van der Waals surface area (Å²) < 4.78 is 0. The molecule has 1 aliphatic heterocycles. The number of nitrogens with zero attached hydrogens (tertiary/aromatic N) is 1. The van der Waals surface area contributed by atoms with Crippen LogP contribution in [0.25, 0.3) is 0 Å². The molecule has 0 radical (unpaired) electrons. The third-order valence-corrected chi connectivity index (χ3v) is 6.81. The molecule has 30 heavy (non-hydrogen) atoms. The highest BCUT2D eigenvalue weighted by atomic mass is 16.7. The summed E-state index contributed by atoms with van der Waals surface area (Å²) in [4.78, 5) is 18.9. The largest absolute Gasteiger partial charge is 0.295 e. The van der Waals surface area contributed by atoms with Crippen molar-refractivity contribution in [3.8, 4) is 0 Å². The predicted molar refractivity (Wildman–Crippen MR) is 124 cm³/mol. The van der Waals surface area contributed by atoms with Crippen molar-refractivity contribution in [2.24, 2.45) is 5.92 Å². The molecule has 1 unspecified atom stereocenters. The van der Waals surface area contributed by atoms with Gasteiger partial charge in [-0.25, -0.2) is 0 Å². The smallest absolute Gasteiger partial charge is 0.156 e. The molecule has 1 heterocycles. The van der Waals surface area contributed by atoms with Crippen molar-refractivity contribution in [2.75, 3.05) is 0 Å². The third kappa shape index (κ3) is 5.50. The Kier molecular flexibility index (Phi) is 7.36. The maximum atomic E-state index is 12.1. The molecule has 3 nitrogen and oxygen atoms in total. The molecule has 1 aromatic rings. The summed E-state index contributed by atoms with van der Waals surface area (Å²) in [7, 11) is 0. The Morgan fingerprint density at radius 1 is 1.17 bits per heavy atom. The van der Waals surface area contributed by atoms with E-state index in [1.54, 1.807) is 0 Å². The van der Waals surface area contributed by atoms with Gasteiger partial charge in [-0.2, -0.15) is 5.06 Å². The van der Waals surface area contributed by atoms with Crippen LogP contribution in [0.4, 0.5) is 0 Å². The lowest BCUT2D eigenvalue weighted by Gasteiger charge is -2.52. The Bertz CT molecular complexity index is 746. The van der Waals surface area contributed by atoms with Crippen LogP contribution < -0.4 is 0 Å². The molecule has 0 spiro atoms. The number of carbonyl (C=O) groups is 1. The number of rotatable bonds is 9. The summed E-state index contributed by atoms with van der Waals surface area (Å²) in [5.41, 5.74) is 2.53. The fourth-order valence-corrected chi connectivity index (χ4v) is 5.28. The molecule has 0 saturated carbocycles. The van der Waals surface area contributed by atoms with Crippen molar-refractivity contribution in [2.45, 2.75) is 96.2 Å². The highest BCUT2D eigenvalue weighted by Crippen LogP contribution is 2.42. The fourth-order valence-electron chi connectivity index (χ4n) is 5.28. The van der Waals surface area contributed by atoms with Crippen LogP contribution in [0.1, 0.15) is 90.7 Å². The molecule has 0 amide bonds. The van der Waals surface area contributed by atoms with E-state index in [-0.39, 0.29) is 23.0 Å². The molecule has 1 saturated heterocycles. The maximum Gasteiger partial charge on any atom is 0.156 e. The molecule has 1 fully saturated rings. The van der Waals surface area contributed by atoms with Crippen molar-refractivity contribution in [3.05, 3.63) is 60.2 Å². The zero-order valence-corrected chi connectivity index (χ0v) is 19.3. The third-order valence-electron chi connectivity index (χ3n) is 6.81. The van der Waals surface area contributed by atoms with E-state index in [9.17, 15) is 4.79 Å². The van der Waals surface area contributed by atoms with Crippen LogP contribution in [0.15, 0.2) is 54.6 Å². The van der Waals surface area contributed by atoms with E-state index >= 15 is 0 Å². The summed E-state index contributed by atoms with van der Waals surface area (Å²) in [6, 6.07) is 10.6. The lowest BCUT2D eigenvalue weighted by molar-refractivity contribution is -0.308. The summed E-state index contributed by atoms with van der Waals surface area (Å²) in [6.07, 6.45) is 11.8. The predicted octanol–water partition coefficient (Wildman–Crippen LogP) is 6.96. The Balaban J connectivity index is 1.76. The Morgan fingerprint density at radius 3 is 2.47 bits per heavy atom. The second-order valence-corrected chi connectivity index (χ2v) is 10.3. The Hall–Kier alpha value is -1.71. The summed E-state index contributed by atoms with van der Waals surface area (Å²) in [5.74, 6) is 0.615. The maximum absolute atomic E-state index is 12.1. The van der Waals surface area contributed by atoms with Gasteiger partial charge in [-0.3, -0.25) is 9.63 Å². The van der Waals surface area contributed by atoms with E-state index in [4.69, 9.17) is 4.84 Å². The molecule has 2 atom stereocenters. The summed E-state index contributed by atoms with van der Waals surface area (Å²) in [6.45, 7) is 13.0. The van der Waals surface area contributed by atoms with Gasteiger partial charge in [0.15, 0.2) is 5.78 Å². The van der Waals surface area contributed by atoms with Gasteiger partial charge in [0.25, 0.3) is 0 Å². The van der Waals surface area contributed by atoms with Crippen molar-refractivity contribution in [1.82, 2.24) is 5.06 Å². The second-order valence-electron chi connectivity index (χ2n) is 10.3. The minimum absolute atomic E-state index is 0.000735. The molecular formula is C27H39NO2. The van der Waals surface area contributed by atoms with E-state index in [0.29, 0.717) is 12.3 Å². The van der Waals surface area contributed by atoms with E-state index in [0.717, 1.165) is 38.5 Å². The highest BCUT2D eigenvalue weighted by Gasteiger charge is 2.43. The zero-order chi connectivity index (χ0) is 21.8. The number of ketones is 1. The number of piperidine rings is 1. The standard InChI is InChI=1S/C27H39NO2/c1-6-7-12-22-19-24(29)20-23(22)15-16-25(21-13-9-8-10-14-21)30-28-26(2,3)17-11-18-27(28,4)5/h6,8-10,13-14,19,23,25H,1,7,11-12,15-18,20H2,2-5H3/t23-,25?/m1/s1. The normalized spacial score (nSPS) is 24.5. The van der Waals surface area contributed by atoms with Gasteiger partial charge in [0.05, 0.1) is 0 Å². The molecule has 2 aliphatic rings. The van der Waals surface area contributed by atoms with Crippen LogP contribution in [0.3, 0.4) is 0 Å². The fraction of sp³-hybridized carbons (Fsp3) is 0.593. The quantitative estimate of drug-likeness (QED) is 0.413. The molecule has 0 N–H and O–H groups in total. The number of carbonyl (C=O) groups excluding carboxylic acids is 1. The SMILES string of the molecule is C=CCCC1=CC(=O)C[C@H]1CCC(ON1C(C)(C)CCCC1(C)C)c1ccccc1. The van der Waals surface area contributed by atoms with Crippen molar-refractivity contribution in [3.63, 3.8) is 0 Å². The highest BCUT2D eigenvalue weighted by molar-refractivity contribution is 5.93. The van der Waals surface area contributed by atoms with Gasteiger partial charge in [-0.15, -0.1) is 6.58 Å². The minimum Gasteiger partial charge on any atom is -0.295 e. The monoisotopic (exact) mass is 409 g/mol. The van der Waals surface area contributed by atoms with Crippen LogP contribution in [-0.4, -0.2) is 21.9 Å². The van der Waals surface area contributed by atoms with Gasteiger partial charge in [0.1, 0.15) is 6.10 Å². The lowest BCUT2D eigenvalue weighted by Crippen LogP contribution is -2.58. The van der Waals surface area contributed by atoms with Crippen LogP contribution >= 0.6 is 0 Å². The van der Waals surface area contributed by atoms with Crippen LogP contribution in [0.2, 0.25) is 0 Å². The number of benzene rings is 1.